The van der Waals surface area contributed by atoms with Crippen LogP contribution in [0.2, 0.25) is 0 Å². The first-order valence-corrected chi connectivity index (χ1v) is 26.4. The molecule has 0 bridgehead atoms. The van der Waals surface area contributed by atoms with Gasteiger partial charge in [0, 0.05) is 19.3 Å². The second-order valence-corrected chi connectivity index (χ2v) is 18.4. The zero-order valence-electron chi connectivity index (χ0n) is 40.2. The molecule has 1 unspecified atom stereocenters. The van der Waals surface area contributed by atoms with Gasteiger partial charge in [0.05, 0.1) is 0 Å². The van der Waals surface area contributed by atoms with Gasteiger partial charge in [0.15, 0.2) is 6.10 Å². The van der Waals surface area contributed by atoms with E-state index in [0.29, 0.717) is 19.3 Å². The van der Waals surface area contributed by atoms with E-state index in [-0.39, 0.29) is 31.1 Å². The quantitative estimate of drug-likeness (QED) is 0.0345. The van der Waals surface area contributed by atoms with Crippen LogP contribution >= 0.6 is 0 Å². The highest BCUT2D eigenvalue weighted by Crippen LogP contribution is 2.18. The molecule has 0 amide bonds. The molecule has 0 aliphatic heterocycles. The lowest BCUT2D eigenvalue weighted by Crippen LogP contribution is -2.30. The average molecular weight is 835 g/mol. The lowest BCUT2D eigenvalue weighted by atomic mass is 9.99. The minimum absolute atomic E-state index is 0.0630. The van der Waals surface area contributed by atoms with Gasteiger partial charge >= 0.3 is 17.9 Å². The summed E-state index contributed by atoms with van der Waals surface area (Å²) < 4.78 is 16.8. The molecule has 6 nitrogen and oxygen atoms in total. The summed E-state index contributed by atoms with van der Waals surface area (Å²) >= 11 is 0. The topological polar surface area (TPSA) is 78.9 Å². The van der Waals surface area contributed by atoms with E-state index >= 15 is 0 Å². The number of carbonyl (C=O) groups excluding carboxylic acids is 3. The molecule has 0 saturated heterocycles. The molecule has 0 radical (unpaired) electrons. The van der Waals surface area contributed by atoms with E-state index in [1.54, 1.807) is 0 Å². The molecule has 0 saturated carbocycles. The van der Waals surface area contributed by atoms with E-state index in [4.69, 9.17) is 14.2 Å². The van der Waals surface area contributed by atoms with Crippen LogP contribution in [-0.2, 0) is 28.6 Å². The van der Waals surface area contributed by atoms with Crippen LogP contribution in [0.25, 0.3) is 0 Å². The van der Waals surface area contributed by atoms with Crippen molar-refractivity contribution in [2.45, 2.75) is 303 Å². The van der Waals surface area contributed by atoms with E-state index in [9.17, 15) is 14.4 Å². The van der Waals surface area contributed by atoms with Gasteiger partial charge in [-0.15, -0.1) is 0 Å². The SMILES string of the molecule is CCCCCCCCCCCCCCCCCCCC(=O)OC[C@@H](COC(=O)CCCCCCCCCCCCCC)OC(=O)CCCCCCCCCCC(C)CC. The van der Waals surface area contributed by atoms with E-state index in [0.717, 1.165) is 63.7 Å². The van der Waals surface area contributed by atoms with Crippen molar-refractivity contribution >= 4 is 17.9 Å². The van der Waals surface area contributed by atoms with Crippen molar-refractivity contribution in [3.63, 3.8) is 0 Å². The predicted molar refractivity (Wildman–Crippen MR) is 252 cm³/mol. The number of unbranched alkanes of at least 4 members (excludes halogenated alkanes) is 34. The molecule has 0 fully saturated rings. The molecule has 0 spiro atoms. The Balaban J connectivity index is 4.28. The number of rotatable bonds is 48. The molecular formula is C53H102O6. The summed E-state index contributed by atoms with van der Waals surface area (Å²) in [4.78, 5) is 37.9. The molecule has 0 aromatic rings. The highest BCUT2D eigenvalue weighted by Gasteiger charge is 2.19. The van der Waals surface area contributed by atoms with Gasteiger partial charge in [0.2, 0.25) is 0 Å². The van der Waals surface area contributed by atoms with Crippen LogP contribution in [0, 0.1) is 5.92 Å². The molecule has 350 valence electrons. The molecule has 0 N–H and O–H groups in total. The zero-order valence-corrected chi connectivity index (χ0v) is 40.2. The number of hydrogen-bond acceptors (Lipinski definition) is 6. The average Bonchev–Trinajstić information content (AvgIpc) is 3.23. The molecule has 0 aliphatic rings. The van der Waals surface area contributed by atoms with Gasteiger partial charge in [-0.3, -0.25) is 14.4 Å². The van der Waals surface area contributed by atoms with Crippen LogP contribution in [0.1, 0.15) is 297 Å². The second kappa shape index (κ2) is 47.5. The van der Waals surface area contributed by atoms with Gasteiger partial charge in [0.1, 0.15) is 13.2 Å². The second-order valence-electron chi connectivity index (χ2n) is 18.4. The third-order valence-electron chi connectivity index (χ3n) is 12.4. The first-order valence-electron chi connectivity index (χ1n) is 26.4. The third kappa shape index (κ3) is 45.8. The molecule has 0 heterocycles. The van der Waals surface area contributed by atoms with Gasteiger partial charge in [-0.25, -0.2) is 0 Å². The minimum atomic E-state index is -0.761. The van der Waals surface area contributed by atoms with Crippen molar-refractivity contribution in [3.8, 4) is 0 Å². The number of ether oxygens (including phenoxy) is 3. The maximum atomic E-state index is 12.8. The molecule has 2 atom stereocenters. The fourth-order valence-corrected chi connectivity index (χ4v) is 8.01. The predicted octanol–water partition coefficient (Wildman–Crippen LogP) is 17.1. The highest BCUT2D eigenvalue weighted by molar-refractivity contribution is 5.71. The standard InChI is InChI=1S/C53H102O6/c1-5-8-10-12-14-16-18-20-21-22-23-24-26-28-33-37-41-45-52(55)58-48-50(59-53(56)46-42-38-34-30-29-31-35-39-43-49(4)7-3)47-57-51(54)44-40-36-32-27-25-19-17-15-13-11-9-6-2/h49-50H,5-48H2,1-4H3/t49?,50-/m1/s1. The van der Waals surface area contributed by atoms with Gasteiger partial charge in [0.25, 0.3) is 0 Å². The first-order chi connectivity index (χ1) is 28.9. The molecule has 59 heavy (non-hydrogen) atoms. The van der Waals surface area contributed by atoms with Gasteiger partial charge in [-0.1, -0.05) is 259 Å². The van der Waals surface area contributed by atoms with Crippen molar-refractivity contribution < 1.29 is 28.6 Å². The largest absolute Gasteiger partial charge is 0.462 e. The Morgan fingerprint density at radius 2 is 0.593 bits per heavy atom. The van der Waals surface area contributed by atoms with Crippen molar-refractivity contribution in [2.75, 3.05) is 13.2 Å². The van der Waals surface area contributed by atoms with E-state index in [2.05, 4.69) is 27.7 Å². The Kier molecular flexibility index (Phi) is 46.2. The van der Waals surface area contributed by atoms with Gasteiger partial charge in [-0.2, -0.15) is 0 Å². The lowest BCUT2D eigenvalue weighted by molar-refractivity contribution is -0.167. The van der Waals surface area contributed by atoms with E-state index in [1.165, 1.54) is 193 Å². The van der Waals surface area contributed by atoms with Crippen LogP contribution < -0.4 is 0 Å². The van der Waals surface area contributed by atoms with Crippen LogP contribution in [0.5, 0.6) is 0 Å². The van der Waals surface area contributed by atoms with Crippen molar-refractivity contribution in [3.05, 3.63) is 0 Å². The summed E-state index contributed by atoms with van der Waals surface area (Å²) in [6, 6.07) is 0. The molecular weight excluding hydrogens is 733 g/mol. The Morgan fingerprint density at radius 1 is 0.339 bits per heavy atom. The van der Waals surface area contributed by atoms with Gasteiger partial charge < -0.3 is 14.2 Å². The molecule has 6 heteroatoms. The zero-order chi connectivity index (χ0) is 43.1. The summed E-state index contributed by atoms with van der Waals surface area (Å²) in [6.07, 6.45) is 49.4. The van der Waals surface area contributed by atoms with Crippen LogP contribution in [-0.4, -0.2) is 37.2 Å². The Hall–Kier alpha value is -1.59. The molecule has 0 aromatic heterocycles. The number of hydrogen-bond donors (Lipinski definition) is 0. The van der Waals surface area contributed by atoms with E-state index in [1.807, 2.05) is 0 Å². The maximum absolute atomic E-state index is 12.8. The molecule has 0 rings (SSSR count). The summed E-state index contributed by atoms with van der Waals surface area (Å²) in [5.74, 6) is -0.000237. The fourth-order valence-electron chi connectivity index (χ4n) is 8.01. The van der Waals surface area contributed by atoms with Gasteiger partial charge in [-0.05, 0) is 25.2 Å². The normalized spacial score (nSPS) is 12.4. The van der Waals surface area contributed by atoms with Crippen LogP contribution in [0.3, 0.4) is 0 Å². The minimum Gasteiger partial charge on any atom is -0.462 e. The van der Waals surface area contributed by atoms with Crippen LogP contribution in [0.4, 0.5) is 0 Å². The Labute approximate surface area is 368 Å². The van der Waals surface area contributed by atoms with Crippen molar-refractivity contribution in [1.82, 2.24) is 0 Å². The fraction of sp³-hybridized carbons (Fsp3) is 0.943. The third-order valence-corrected chi connectivity index (χ3v) is 12.4. The smallest absolute Gasteiger partial charge is 0.306 e. The summed E-state index contributed by atoms with van der Waals surface area (Å²) in [6.45, 7) is 9.03. The Bertz CT molecular complexity index is 889. The molecule has 0 aromatic carbocycles. The summed E-state index contributed by atoms with van der Waals surface area (Å²) in [5.41, 5.74) is 0. The summed E-state index contributed by atoms with van der Waals surface area (Å²) in [7, 11) is 0. The number of esters is 3. The van der Waals surface area contributed by atoms with Crippen molar-refractivity contribution in [1.29, 1.82) is 0 Å². The number of carbonyl (C=O) groups is 3. The summed E-state index contributed by atoms with van der Waals surface area (Å²) in [5, 5.41) is 0. The maximum Gasteiger partial charge on any atom is 0.306 e. The Morgan fingerprint density at radius 3 is 0.881 bits per heavy atom. The molecule has 0 aliphatic carbocycles. The van der Waals surface area contributed by atoms with Crippen LogP contribution in [0.15, 0.2) is 0 Å². The first kappa shape index (κ1) is 57.4. The highest BCUT2D eigenvalue weighted by atomic mass is 16.6. The van der Waals surface area contributed by atoms with E-state index < -0.39 is 6.10 Å². The van der Waals surface area contributed by atoms with Crippen molar-refractivity contribution in [2.24, 2.45) is 5.92 Å². The monoisotopic (exact) mass is 835 g/mol. The lowest BCUT2D eigenvalue weighted by Gasteiger charge is -2.18.